The lowest BCUT2D eigenvalue weighted by molar-refractivity contribution is 0.0850. The minimum absolute atomic E-state index is 0.402. The van der Waals surface area contributed by atoms with Crippen molar-refractivity contribution >= 4 is 0 Å². The Morgan fingerprint density at radius 2 is 1.25 bits per heavy atom. The van der Waals surface area contributed by atoms with Crippen LogP contribution in [0.1, 0.15) is 27.2 Å². The Morgan fingerprint density at radius 3 is 1.33 bits per heavy atom. The molecule has 0 aliphatic rings. The van der Waals surface area contributed by atoms with Gasteiger partial charge in [-0.15, -0.1) is 0 Å². The van der Waals surface area contributed by atoms with Crippen molar-refractivity contribution in [3.05, 3.63) is 0 Å². The molecule has 0 heterocycles. The normalized spacial score (nSPS) is 13.5. The standard InChI is InChI=1S/C10H24N2/c1-10(2,3)8-9(11(4)5)12(6)7/h9H,8H2,1-7H3. The Hall–Kier alpha value is -0.0800. The molecule has 0 saturated heterocycles. The van der Waals surface area contributed by atoms with Crippen LogP contribution in [0.2, 0.25) is 0 Å². The molecule has 0 aromatic carbocycles. The van der Waals surface area contributed by atoms with E-state index in [1.165, 1.54) is 6.42 Å². The lowest BCUT2D eigenvalue weighted by Gasteiger charge is -2.35. The molecule has 0 bridgehead atoms. The zero-order valence-corrected chi connectivity index (χ0v) is 9.68. The number of rotatable bonds is 3. The molecule has 0 spiro atoms. The van der Waals surface area contributed by atoms with E-state index in [0.717, 1.165) is 0 Å². The van der Waals surface area contributed by atoms with Crippen LogP contribution in [-0.4, -0.2) is 44.2 Å². The number of hydrogen-bond acceptors (Lipinski definition) is 2. The number of hydrogen-bond donors (Lipinski definition) is 0. The highest BCUT2D eigenvalue weighted by Crippen LogP contribution is 2.23. The van der Waals surface area contributed by atoms with Gasteiger partial charge in [0.25, 0.3) is 0 Å². The highest BCUT2D eigenvalue weighted by Gasteiger charge is 2.21. The van der Waals surface area contributed by atoms with Gasteiger partial charge in [0, 0.05) is 0 Å². The molecule has 2 nitrogen and oxygen atoms in total. The molecule has 0 fully saturated rings. The number of nitrogens with zero attached hydrogens (tertiary/aromatic N) is 2. The van der Waals surface area contributed by atoms with Crippen molar-refractivity contribution in [1.29, 1.82) is 0 Å². The van der Waals surface area contributed by atoms with Crippen LogP contribution in [0.4, 0.5) is 0 Å². The van der Waals surface area contributed by atoms with Gasteiger partial charge in [-0.25, -0.2) is 0 Å². The Morgan fingerprint density at radius 1 is 0.917 bits per heavy atom. The van der Waals surface area contributed by atoms with Gasteiger partial charge in [0.05, 0.1) is 6.17 Å². The summed E-state index contributed by atoms with van der Waals surface area (Å²) < 4.78 is 0. The van der Waals surface area contributed by atoms with E-state index in [1.807, 2.05) is 0 Å². The second-order valence-electron chi connectivity index (χ2n) is 5.17. The third kappa shape index (κ3) is 4.73. The average molecular weight is 172 g/mol. The van der Waals surface area contributed by atoms with Gasteiger partial charge >= 0.3 is 0 Å². The molecular formula is C10H24N2. The van der Waals surface area contributed by atoms with Gasteiger partial charge < -0.3 is 0 Å². The molecule has 0 amide bonds. The maximum atomic E-state index is 2.28. The molecule has 0 aromatic heterocycles. The fourth-order valence-corrected chi connectivity index (χ4v) is 1.37. The van der Waals surface area contributed by atoms with Crippen molar-refractivity contribution in [1.82, 2.24) is 9.80 Å². The topological polar surface area (TPSA) is 6.48 Å². The van der Waals surface area contributed by atoms with E-state index in [1.54, 1.807) is 0 Å². The summed E-state index contributed by atoms with van der Waals surface area (Å²) in [6, 6.07) is 0. The quantitative estimate of drug-likeness (QED) is 0.600. The van der Waals surface area contributed by atoms with Gasteiger partial charge in [0.1, 0.15) is 0 Å². The maximum Gasteiger partial charge on any atom is 0.0617 e. The predicted octanol–water partition coefficient (Wildman–Crippen LogP) is 1.87. The molecule has 74 valence electrons. The van der Waals surface area contributed by atoms with Crippen LogP contribution in [0.25, 0.3) is 0 Å². The fourth-order valence-electron chi connectivity index (χ4n) is 1.37. The van der Waals surface area contributed by atoms with Crippen LogP contribution in [-0.2, 0) is 0 Å². The molecule has 12 heavy (non-hydrogen) atoms. The van der Waals surface area contributed by atoms with Crippen LogP contribution in [0, 0.1) is 5.41 Å². The minimum Gasteiger partial charge on any atom is -0.294 e. The largest absolute Gasteiger partial charge is 0.294 e. The highest BCUT2D eigenvalue weighted by molar-refractivity contribution is 4.72. The zero-order chi connectivity index (χ0) is 9.94. The molecular weight excluding hydrogens is 148 g/mol. The van der Waals surface area contributed by atoms with Gasteiger partial charge in [-0.05, 0) is 40.0 Å². The summed E-state index contributed by atoms with van der Waals surface area (Å²) in [6.07, 6.45) is 1.75. The first-order valence-corrected chi connectivity index (χ1v) is 4.57. The van der Waals surface area contributed by atoms with Gasteiger partial charge in [0.15, 0.2) is 0 Å². The van der Waals surface area contributed by atoms with E-state index in [0.29, 0.717) is 11.6 Å². The second-order valence-corrected chi connectivity index (χ2v) is 5.17. The third-order valence-corrected chi connectivity index (χ3v) is 1.99. The van der Waals surface area contributed by atoms with Crippen LogP contribution < -0.4 is 0 Å². The SMILES string of the molecule is CN(C)C(CC(C)(C)C)N(C)C. The molecule has 0 rings (SSSR count). The predicted molar refractivity (Wildman–Crippen MR) is 55.2 cm³/mol. The monoisotopic (exact) mass is 172 g/mol. The highest BCUT2D eigenvalue weighted by atomic mass is 15.3. The first kappa shape index (κ1) is 11.9. The summed E-state index contributed by atoms with van der Waals surface area (Å²) in [5.41, 5.74) is 0.402. The van der Waals surface area contributed by atoms with Gasteiger partial charge in [-0.3, -0.25) is 9.80 Å². The molecule has 0 unspecified atom stereocenters. The molecule has 0 aliphatic heterocycles. The van der Waals surface area contributed by atoms with Gasteiger partial charge in [-0.2, -0.15) is 0 Å². The molecule has 0 N–H and O–H groups in total. The van der Waals surface area contributed by atoms with Gasteiger partial charge in [0.2, 0.25) is 0 Å². The van der Waals surface area contributed by atoms with Gasteiger partial charge in [-0.1, -0.05) is 20.8 Å². The summed E-state index contributed by atoms with van der Waals surface area (Å²) in [5, 5.41) is 0. The van der Waals surface area contributed by atoms with E-state index < -0.39 is 0 Å². The molecule has 0 aliphatic carbocycles. The third-order valence-electron chi connectivity index (χ3n) is 1.99. The smallest absolute Gasteiger partial charge is 0.0617 e. The Labute approximate surface area is 77.5 Å². The van der Waals surface area contributed by atoms with Crippen molar-refractivity contribution in [2.45, 2.75) is 33.4 Å². The lowest BCUT2D eigenvalue weighted by Crippen LogP contribution is -2.42. The first-order valence-electron chi connectivity index (χ1n) is 4.57. The zero-order valence-electron chi connectivity index (χ0n) is 9.68. The maximum absolute atomic E-state index is 2.28. The van der Waals surface area contributed by atoms with Crippen molar-refractivity contribution in [2.75, 3.05) is 28.2 Å². The van der Waals surface area contributed by atoms with Crippen molar-refractivity contribution in [3.8, 4) is 0 Å². The van der Waals surface area contributed by atoms with E-state index in [9.17, 15) is 0 Å². The lowest BCUT2D eigenvalue weighted by atomic mass is 9.90. The van der Waals surface area contributed by atoms with E-state index in [-0.39, 0.29) is 0 Å². The Bertz CT molecular complexity index is 114. The molecule has 0 radical (unpaired) electrons. The molecule has 0 atom stereocenters. The minimum atomic E-state index is 0.402. The summed E-state index contributed by atoms with van der Waals surface area (Å²) in [5.74, 6) is 0. The van der Waals surface area contributed by atoms with Crippen LogP contribution in [0.15, 0.2) is 0 Å². The van der Waals surface area contributed by atoms with E-state index >= 15 is 0 Å². The first-order chi connectivity index (χ1) is 5.24. The molecule has 2 heteroatoms. The fraction of sp³-hybridized carbons (Fsp3) is 1.00. The summed E-state index contributed by atoms with van der Waals surface area (Å²) >= 11 is 0. The average Bonchev–Trinajstić information content (AvgIpc) is 1.79. The molecule has 0 saturated carbocycles. The Kier molecular flexibility index (Phi) is 4.21. The summed E-state index contributed by atoms with van der Waals surface area (Å²) in [6.45, 7) is 6.85. The second kappa shape index (κ2) is 4.24. The summed E-state index contributed by atoms with van der Waals surface area (Å²) in [7, 11) is 8.54. The molecule has 0 aromatic rings. The van der Waals surface area contributed by atoms with Crippen LogP contribution in [0.5, 0.6) is 0 Å². The van der Waals surface area contributed by atoms with Crippen LogP contribution in [0.3, 0.4) is 0 Å². The Balaban J connectivity index is 4.15. The summed E-state index contributed by atoms with van der Waals surface area (Å²) in [4.78, 5) is 4.54. The van der Waals surface area contributed by atoms with Crippen molar-refractivity contribution in [2.24, 2.45) is 5.41 Å². The van der Waals surface area contributed by atoms with Crippen molar-refractivity contribution < 1.29 is 0 Å². The van der Waals surface area contributed by atoms with E-state index in [2.05, 4.69) is 58.8 Å². The van der Waals surface area contributed by atoms with E-state index in [4.69, 9.17) is 0 Å². The van der Waals surface area contributed by atoms with Crippen molar-refractivity contribution in [3.63, 3.8) is 0 Å². The van der Waals surface area contributed by atoms with Crippen LogP contribution >= 0.6 is 0 Å².